The first-order chi connectivity index (χ1) is 14.4. The Kier molecular flexibility index (Phi) is 5.11. The first-order valence-corrected chi connectivity index (χ1v) is 9.87. The summed E-state index contributed by atoms with van der Waals surface area (Å²) in [4.78, 5) is 44.4. The van der Waals surface area contributed by atoms with E-state index in [9.17, 15) is 14.4 Å². The van der Waals surface area contributed by atoms with Crippen LogP contribution in [0, 0.1) is 0 Å². The molecule has 30 heavy (non-hydrogen) atoms. The molecule has 1 aliphatic rings. The zero-order valence-electron chi connectivity index (χ0n) is 17.3. The maximum Gasteiger partial charge on any atom is 0.332 e. The van der Waals surface area contributed by atoms with Gasteiger partial charge in [0.1, 0.15) is 17.3 Å². The Bertz CT molecular complexity index is 1220. The molecular formula is C21H25N5O4. The number of nitrogens with one attached hydrogen (secondary N) is 1. The van der Waals surface area contributed by atoms with Crippen LogP contribution in [-0.4, -0.2) is 58.2 Å². The van der Waals surface area contributed by atoms with Crippen molar-refractivity contribution in [1.29, 1.82) is 0 Å². The number of ether oxygens (including phenoxy) is 1. The van der Waals surface area contributed by atoms with Crippen LogP contribution in [0.1, 0.15) is 16.9 Å². The van der Waals surface area contributed by atoms with Crippen LogP contribution in [0.5, 0.6) is 5.75 Å². The minimum atomic E-state index is -0.358. The number of anilines is 1. The summed E-state index contributed by atoms with van der Waals surface area (Å²) >= 11 is 0. The fourth-order valence-corrected chi connectivity index (χ4v) is 3.89. The molecule has 0 bridgehead atoms. The smallest absolute Gasteiger partial charge is 0.332 e. The fourth-order valence-electron chi connectivity index (χ4n) is 3.89. The molecule has 0 saturated carbocycles. The molecule has 0 unspecified atom stereocenters. The molecule has 9 heteroatoms. The van der Waals surface area contributed by atoms with E-state index in [0.717, 1.165) is 27.6 Å². The van der Waals surface area contributed by atoms with Gasteiger partial charge in [-0.1, -0.05) is 0 Å². The lowest BCUT2D eigenvalue weighted by atomic mass is 10.2. The number of fused-ring (bicyclic) bond motifs is 1. The molecule has 1 amide bonds. The van der Waals surface area contributed by atoms with Crippen LogP contribution in [-0.2, 0) is 14.1 Å². The second-order valence-electron chi connectivity index (χ2n) is 7.51. The Morgan fingerprint density at radius 2 is 1.80 bits per heavy atom. The number of amides is 1. The highest BCUT2D eigenvalue weighted by atomic mass is 16.5. The molecule has 0 spiro atoms. The Morgan fingerprint density at radius 3 is 2.57 bits per heavy atom. The van der Waals surface area contributed by atoms with E-state index < -0.39 is 0 Å². The van der Waals surface area contributed by atoms with Gasteiger partial charge in [-0.3, -0.25) is 18.7 Å². The van der Waals surface area contributed by atoms with Crippen molar-refractivity contribution in [1.82, 2.24) is 19.0 Å². The second kappa shape index (κ2) is 7.74. The second-order valence-corrected chi connectivity index (χ2v) is 7.51. The molecular weight excluding hydrogens is 386 g/mol. The third kappa shape index (κ3) is 3.47. The van der Waals surface area contributed by atoms with Crippen molar-refractivity contribution in [3.8, 4) is 5.75 Å². The number of hydrogen-bond donors (Lipinski definition) is 1. The zero-order chi connectivity index (χ0) is 21.4. The normalized spacial score (nSPS) is 14.8. The van der Waals surface area contributed by atoms with Gasteiger partial charge in [0.2, 0.25) is 0 Å². The van der Waals surface area contributed by atoms with Gasteiger partial charge >= 0.3 is 5.69 Å². The van der Waals surface area contributed by atoms with Gasteiger partial charge in [0.25, 0.3) is 11.5 Å². The number of aromatic amines is 1. The predicted molar refractivity (Wildman–Crippen MR) is 115 cm³/mol. The van der Waals surface area contributed by atoms with Gasteiger partial charge in [-0.15, -0.1) is 0 Å². The van der Waals surface area contributed by atoms with Gasteiger partial charge in [-0.05, 0) is 24.6 Å². The quantitative estimate of drug-likeness (QED) is 0.692. The van der Waals surface area contributed by atoms with E-state index in [1.165, 1.54) is 17.7 Å². The molecule has 4 rings (SSSR count). The number of hydrogen-bond acceptors (Lipinski definition) is 5. The number of aromatic nitrogens is 3. The van der Waals surface area contributed by atoms with Crippen LogP contribution in [0.3, 0.4) is 0 Å². The Hall–Kier alpha value is -3.49. The average molecular weight is 411 g/mol. The number of H-pyrrole nitrogens is 1. The van der Waals surface area contributed by atoms with Crippen molar-refractivity contribution < 1.29 is 9.53 Å². The largest absolute Gasteiger partial charge is 0.497 e. The predicted octanol–water partition coefficient (Wildman–Crippen LogP) is 0.926. The molecule has 0 radical (unpaired) electrons. The van der Waals surface area contributed by atoms with Crippen LogP contribution >= 0.6 is 0 Å². The highest BCUT2D eigenvalue weighted by Gasteiger charge is 2.23. The summed E-state index contributed by atoms with van der Waals surface area (Å²) in [5, 5.41) is 0.950. The summed E-state index contributed by atoms with van der Waals surface area (Å²) in [5.74, 6) is 1.24. The topological polar surface area (TPSA) is 92.6 Å². The monoisotopic (exact) mass is 411 g/mol. The molecule has 9 nitrogen and oxygen atoms in total. The van der Waals surface area contributed by atoms with E-state index in [2.05, 4.69) is 4.98 Å². The number of benzene rings is 1. The number of carbonyl (C=O) groups excluding carboxylic acids is 1. The number of carbonyl (C=O) groups is 1. The summed E-state index contributed by atoms with van der Waals surface area (Å²) < 4.78 is 7.81. The van der Waals surface area contributed by atoms with Crippen molar-refractivity contribution in [3.05, 3.63) is 56.9 Å². The standard InChI is InChI=1S/C21H25N5O4/c1-23-18(13-19(27)24(2)21(23)29)25-7-4-8-26(10-9-25)20(28)17-11-14-5-6-15(30-3)12-16(14)22-17/h5-6,11-13,22H,4,7-10H2,1-3H3. The highest BCUT2D eigenvalue weighted by Crippen LogP contribution is 2.22. The molecule has 158 valence electrons. The van der Waals surface area contributed by atoms with E-state index in [1.54, 1.807) is 19.1 Å². The van der Waals surface area contributed by atoms with E-state index in [4.69, 9.17) is 4.74 Å². The number of methoxy groups -OCH3 is 1. The Morgan fingerprint density at radius 1 is 1.00 bits per heavy atom. The Balaban J connectivity index is 1.54. The van der Waals surface area contributed by atoms with Crippen LogP contribution < -0.4 is 20.9 Å². The van der Waals surface area contributed by atoms with Crippen LogP contribution in [0.2, 0.25) is 0 Å². The van der Waals surface area contributed by atoms with Gasteiger partial charge in [0.15, 0.2) is 0 Å². The van der Waals surface area contributed by atoms with Gasteiger partial charge in [-0.25, -0.2) is 4.79 Å². The lowest BCUT2D eigenvalue weighted by molar-refractivity contribution is 0.0762. The van der Waals surface area contributed by atoms with E-state index >= 15 is 0 Å². The van der Waals surface area contributed by atoms with Crippen molar-refractivity contribution in [2.24, 2.45) is 14.1 Å². The maximum atomic E-state index is 13.1. The van der Waals surface area contributed by atoms with Crippen molar-refractivity contribution in [2.75, 3.05) is 38.2 Å². The van der Waals surface area contributed by atoms with Gasteiger partial charge in [-0.2, -0.15) is 0 Å². The van der Waals surface area contributed by atoms with E-state index in [-0.39, 0.29) is 17.2 Å². The molecule has 2 aromatic heterocycles. The van der Waals surface area contributed by atoms with E-state index in [0.29, 0.717) is 37.7 Å². The fraction of sp³-hybridized carbons (Fsp3) is 0.381. The molecule has 3 aromatic rings. The number of nitrogens with zero attached hydrogens (tertiary/aromatic N) is 4. The molecule has 3 heterocycles. The van der Waals surface area contributed by atoms with Crippen molar-refractivity contribution in [2.45, 2.75) is 6.42 Å². The molecule has 0 atom stereocenters. The molecule has 1 saturated heterocycles. The van der Waals surface area contributed by atoms with Crippen molar-refractivity contribution in [3.63, 3.8) is 0 Å². The maximum absolute atomic E-state index is 13.1. The number of rotatable bonds is 3. The highest BCUT2D eigenvalue weighted by molar-refractivity contribution is 5.98. The summed E-state index contributed by atoms with van der Waals surface area (Å²) in [6.45, 7) is 2.31. The third-order valence-electron chi connectivity index (χ3n) is 5.67. The van der Waals surface area contributed by atoms with Gasteiger partial charge < -0.3 is 19.5 Å². The summed E-state index contributed by atoms with van der Waals surface area (Å²) in [6, 6.07) is 8.98. The molecule has 0 aliphatic carbocycles. The van der Waals surface area contributed by atoms with Crippen molar-refractivity contribution >= 4 is 22.6 Å². The first kappa shape index (κ1) is 19.8. The average Bonchev–Trinajstić information content (AvgIpc) is 3.03. The lowest BCUT2D eigenvalue weighted by Gasteiger charge is -2.25. The Labute approximate surface area is 173 Å². The molecule has 1 aromatic carbocycles. The van der Waals surface area contributed by atoms with Gasteiger partial charge in [0.05, 0.1) is 7.11 Å². The van der Waals surface area contributed by atoms with E-state index in [1.807, 2.05) is 29.2 Å². The van der Waals surface area contributed by atoms with Crippen LogP contribution in [0.15, 0.2) is 39.9 Å². The van der Waals surface area contributed by atoms with Gasteiger partial charge in [0, 0.05) is 63.3 Å². The molecule has 1 fully saturated rings. The lowest BCUT2D eigenvalue weighted by Crippen LogP contribution is -2.41. The minimum absolute atomic E-state index is 0.0649. The van der Waals surface area contributed by atoms with Crippen LogP contribution in [0.4, 0.5) is 5.82 Å². The molecule has 1 aliphatic heterocycles. The van der Waals surface area contributed by atoms with Crippen LogP contribution in [0.25, 0.3) is 10.9 Å². The molecule has 1 N–H and O–H groups in total. The summed E-state index contributed by atoms with van der Waals surface area (Å²) in [6.07, 6.45) is 0.739. The summed E-state index contributed by atoms with van der Waals surface area (Å²) in [7, 11) is 4.73. The minimum Gasteiger partial charge on any atom is -0.497 e. The third-order valence-corrected chi connectivity index (χ3v) is 5.67. The first-order valence-electron chi connectivity index (χ1n) is 9.87. The zero-order valence-corrected chi connectivity index (χ0v) is 17.3. The summed E-state index contributed by atoms with van der Waals surface area (Å²) in [5.41, 5.74) is 0.693. The SMILES string of the molecule is COc1ccc2cc(C(=O)N3CCCN(c4cc(=O)n(C)c(=O)n4C)CC3)[nH]c2c1.